The summed E-state index contributed by atoms with van der Waals surface area (Å²) in [7, 11) is 0. The molecular weight excluding hydrogens is 162 g/mol. The van der Waals surface area contributed by atoms with Gasteiger partial charge >= 0.3 is 0 Å². The van der Waals surface area contributed by atoms with Crippen LogP contribution < -0.4 is 5.73 Å². The Morgan fingerprint density at radius 2 is 1.85 bits per heavy atom. The third-order valence-corrected chi connectivity index (χ3v) is 2.70. The molecule has 0 amide bonds. The van der Waals surface area contributed by atoms with Crippen molar-refractivity contribution in [3.63, 3.8) is 0 Å². The molecule has 0 aromatic heterocycles. The second kappa shape index (κ2) is 3.38. The van der Waals surface area contributed by atoms with E-state index in [0.717, 1.165) is 11.3 Å². The predicted octanol–water partition coefficient (Wildman–Crippen LogP) is 1.93. The topological polar surface area (TPSA) is 46.2 Å². The zero-order valence-electron chi connectivity index (χ0n) is 8.41. The molecule has 0 saturated carbocycles. The molecule has 72 valence electrons. The number of para-hydroxylation sites is 1. The second-order valence-corrected chi connectivity index (χ2v) is 3.98. The van der Waals surface area contributed by atoms with E-state index >= 15 is 0 Å². The number of aliphatic hydroxyl groups excluding tert-OH is 1. The zero-order chi connectivity index (χ0) is 10.1. The summed E-state index contributed by atoms with van der Waals surface area (Å²) in [5, 5.41) is 9.60. The lowest BCUT2D eigenvalue weighted by Crippen LogP contribution is -2.31. The monoisotopic (exact) mass is 179 g/mol. The maximum Gasteiger partial charge on any atom is 0.0604 e. The predicted molar refractivity (Wildman–Crippen MR) is 55.6 cm³/mol. The summed E-state index contributed by atoms with van der Waals surface area (Å²) in [5.41, 5.74) is 7.30. The van der Waals surface area contributed by atoms with Gasteiger partial charge in [0.05, 0.1) is 6.10 Å². The van der Waals surface area contributed by atoms with Gasteiger partial charge in [-0.05, 0) is 18.6 Å². The molecule has 2 heteroatoms. The van der Waals surface area contributed by atoms with Gasteiger partial charge in [0.2, 0.25) is 0 Å². The third-order valence-electron chi connectivity index (χ3n) is 2.70. The normalized spacial score (nSPS) is 14.2. The highest BCUT2D eigenvalue weighted by molar-refractivity contribution is 5.50. The molecule has 0 fully saturated rings. The average Bonchev–Trinajstić information content (AvgIpc) is 2.04. The number of hydrogen-bond acceptors (Lipinski definition) is 2. The number of anilines is 1. The number of nitrogen functional groups attached to an aromatic ring is 1. The summed E-state index contributed by atoms with van der Waals surface area (Å²) in [5.74, 6) is 0. The Labute approximate surface area is 79.4 Å². The van der Waals surface area contributed by atoms with Gasteiger partial charge in [-0.2, -0.15) is 0 Å². The van der Waals surface area contributed by atoms with E-state index in [1.807, 2.05) is 38.1 Å². The van der Waals surface area contributed by atoms with E-state index in [1.165, 1.54) is 0 Å². The summed E-state index contributed by atoms with van der Waals surface area (Å²) in [4.78, 5) is 0. The molecule has 0 radical (unpaired) electrons. The van der Waals surface area contributed by atoms with Gasteiger partial charge in [-0.15, -0.1) is 0 Å². The van der Waals surface area contributed by atoms with Crippen LogP contribution in [0, 0.1) is 0 Å². The fourth-order valence-corrected chi connectivity index (χ4v) is 1.31. The molecule has 0 aliphatic rings. The third kappa shape index (κ3) is 1.83. The first-order chi connectivity index (χ1) is 5.96. The number of rotatable bonds is 2. The van der Waals surface area contributed by atoms with Crippen molar-refractivity contribution in [3.05, 3.63) is 29.8 Å². The number of nitrogens with two attached hydrogens (primary N) is 1. The van der Waals surface area contributed by atoms with Crippen molar-refractivity contribution >= 4 is 5.69 Å². The van der Waals surface area contributed by atoms with Gasteiger partial charge in [-0.3, -0.25) is 0 Å². The van der Waals surface area contributed by atoms with E-state index in [0.29, 0.717) is 0 Å². The zero-order valence-corrected chi connectivity index (χ0v) is 8.41. The van der Waals surface area contributed by atoms with Crippen molar-refractivity contribution in [2.45, 2.75) is 32.3 Å². The number of aliphatic hydroxyl groups is 1. The molecule has 0 heterocycles. The molecule has 1 aromatic carbocycles. The van der Waals surface area contributed by atoms with Crippen LogP contribution in [-0.2, 0) is 5.41 Å². The van der Waals surface area contributed by atoms with E-state index < -0.39 is 6.10 Å². The van der Waals surface area contributed by atoms with Gasteiger partial charge < -0.3 is 10.8 Å². The van der Waals surface area contributed by atoms with Crippen LogP contribution in [0.25, 0.3) is 0 Å². The largest absolute Gasteiger partial charge is 0.398 e. The van der Waals surface area contributed by atoms with Crippen LogP contribution in [0.15, 0.2) is 24.3 Å². The van der Waals surface area contributed by atoms with Gasteiger partial charge in [0.15, 0.2) is 0 Å². The number of hydrogen-bond donors (Lipinski definition) is 2. The maximum absolute atomic E-state index is 9.60. The fraction of sp³-hybridized carbons (Fsp3) is 0.455. The van der Waals surface area contributed by atoms with E-state index in [2.05, 4.69) is 0 Å². The molecule has 0 spiro atoms. The first-order valence-electron chi connectivity index (χ1n) is 4.49. The van der Waals surface area contributed by atoms with E-state index in [9.17, 15) is 5.11 Å². The summed E-state index contributed by atoms with van der Waals surface area (Å²) in [6, 6.07) is 7.66. The van der Waals surface area contributed by atoms with Crippen molar-refractivity contribution in [2.24, 2.45) is 0 Å². The summed E-state index contributed by atoms with van der Waals surface area (Å²) < 4.78 is 0. The molecule has 0 bridgehead atoms. The van der Waals surface area contributed by atoms with Crippen molar-refractivity contribution in [1.82, 2.24) is 0 Å². The summed E-state index contributed by atoms with van der Waals surface area (Å²) >= 11 is 0. The van der Waals surface area contributed by atoms with Crippen LogP contribution in [0.2, 0.25) is 0 Å². The minimum atomic E-state index is -0.405. The minimum absolute atomic E-state index is 0.286. The van der Waals surface area contributed by atoms with Crippen LogP contribution in [-0.4, -0.2) is 11.2 Å². The molecule has 13 heavy (non-hydrogen) atoms. The van der Waals surface area contributed by atoms with Gasteiger partial charge in [0.25, 0.3) is 0 Å². The molecule has 1 aromatic rings. The van der Waals surface area contributed by atoms with E-state index in [-0.39, 0.29) is 5.41 Å². The van der Waals surface area contributed by atoms with Crippen LogP contribution in [0.4, 0.5) is 5.69 Å². The lowest BCUT2D eigenvalue weighted by atomic mass is 9.79. The van der Waals surface area contributed by atoms with Crippen molar-refractivity contribution in [1.29, 1.82) is 0 Å². The minimum Gasteiger partial charge on any atom is -0.398 e. The Hall–Kier alpha value is -1.02. The van der Waals surface area contributed by atoms with Crippen molar-refractivity contribution in [3.8, 4) is 0 Å². The molecule has 1 unspecified atom stereocenters. The lowest BCUT2D eigenvalue weighted by Gasteiger charge is -2.29. The Bertz CT molecular complexity index is 292. The fourth-order valence-electron chi connectivity index (χ4n) is 1.31. The Morgan fingerprint density at radius 1 is 1.31 bits per heavy atom. The van der Waals surface area contributed by atoms with Gasteiger partial charge in [0, 0.05) is 11.1 Å². The first-order valence-corrected chi connectivity index (χ1v) is 4.49. The Morgan fingerprint density at radius 3 is 2.31 bits per heavy atom. The average molecular weight is 179 g/mol. The molecule has 3 N–H and O–H groups in total. The van der Waals surface area contributed by atoms with Gasteiger partial charge in [-0.25, -0.2) is 0 Å². The van der Waals surface area contributed by atoms with Gasteiger partial charge in [-0.1, -0.05) is 32.0 Å². The number of benzene rings is 1. The SMILES string of the molecule is CC(O)C(C)(C)c1ccccc1N. The van der Waals surface area contributed by atoms with Crippen LogP contribution in [0.1, 0.15) is 26.3 Å². The quantitative estimate of drug-likeness (QED) is 0.681. The second-order valence-electron chi connectivity index (χ2n) is 3.98. The summed E-state index contributed by atoms with van der Waals surface area (Å²) in [6.45, 7) is 5.76. The lowest BCUT2D eigenvalue weighted by molar-refractivity contribution is 0.118. The molecule has 1 atom stereocenters. The van der Waals surface area contributed by atoms with E-state index in [4.69, 9.17) is 5.73 Å². The highest BCUT2D eigenvalue weighted by atomic mass is 16.3. The van der Waals surface area contributed by atoms with Crippen LogP contribution in [0.5, 0.6) is 0 Å². The summed E-state index contributed by atoms with van der Waals surface area (Å²) in [6.07, 6.45) is -0.405. The van der Waals surface area contributed by atoms with Gasteiger partial charge in [0.1, 0.15) is 0 Å². The Kier molecular flexibility index (Phi) is 2.62. The molecule has 1 rings (SSSR count). The standard InChI is InChI=1S/C11H17NO/c1-8(13)11(2,3)9-6-4-5-7-10(9)12/h4-8,13H,12H2,1-3H3. The highest BCUT2D eigenvalue weighted by Crippen LogP contribution is 2.30. The smallest absolute Gasteiger partial charge is 0.0604 e. The molecule has 0 saturated heterocycles. The van der Waals surface area contributed by atoms with Crippen LogP contribution in [0.3, 0.4) is 0 Å². The first kappa shape index (κ1) is 10.1. The van der Waals surface area contributed by atoms with Crippen LogP contribution >= 0.6 is 0 Å². The van der Waals surface area contributed by atoms with E-state index in [1.54, 1.807) is 6.92 Å². The molecular formula is C11H17NO. The molecule has 0 aliphatic carbocycles. The van der Waals surface area contributed by atoms with Crippen molar-refractivity contribution < 1.29 is 5.11 Å². The highest BCUT2D eigenvalue weighted by Gasteiger charge is 2.27. The molecule has 2 nitrogen and oxygen atoms in total. The molecule has 0 aliphatic heterocycles. The maximum atomic E-state index is 9.60. The Balaban J connectivity index is 3.14. The van der Waals surface area contributed by atoms with Crippen molar-refractivity contribution in [2.75, 3.05) is 5.73 Å².